The number of rotatable bonds is 5. The second-order valence-electron chi connectivity index (χ2n) is 4.63. The van der Waals surface area contributed by atoms with Crippen molar-refractivity contribution < 1.29 is 13.9 Å². The molecule has 2 heterocycles. The van der Waals surface area contributed by atoms with Crippen molar-refractivity contribution in [2.75, 3.05) is 13.7 Å². The smallest absolute Gasteiger partial charge is 0.252 e. The summed E-state index contributed by atoms with van der Waals surface area (Å²) in [7, 11) is 1.61. The van der Waals surface area contributed by atoms with Crippen LogP contribution in [0.4, 0.5) is 0 Å². The third-order valence-corrected chi connectivity index (χ3v) is 3.96. The summed E-state index contributed by atoms with van der Waals surface area (Å²) in [4.78, 5) is 11.9. The third kappa shape index (κ3) is 2.99. The summed E-state index contributed by atoms with van der Waals surface area (Å²) in [5.41, 5.74) is 1.48. The summed E-state index contributed by atoms with van der Waals surface area (Å²) in [6, 6.07) is 11.5. The molecule has 3 aromatic rings. The Kier molecular flexibility index (Phi) is 4.03. The summed E-state index contributed by atoms with van der Waals surface area (Å²) in [5.74, 6) is 0.610. The minimum atomic E-state index is -0.306. The topological polar surface area (TPSA) is 51.5 Å². The fraction of sp³-hybridized carbons (Fsp3) is 0.188. The van der Waals surface area contributed by atoms with Gasteiger partial charge in [0.2, 0.25) is 0 Å². The molecule has 0 aliphatic heterocycles. The first-order valence-corrected chi connectivity index (χ1v) is 7.54. The Morgan fingerprint density at radius 3 is 2.95 bits per heavy atom. The van der Waals surface area contributed by atoms with E-state index in [1.54, 1.807) is 13.2 Å². The lowest BCUT2D eigenvalue weighted by Crippen LogP contribution is -2.28. The van der Waals surface area contributed by atoms with E-state index in [4.69, 9.17) is 9.15 Å². The Hall–Kier alpha value is -2.11. The van der Waals surface area contributed by atoms with Gasteiger partial charge in [0.15, 0.2) is 0 Å². The van der Waals surface area contributed by atoms with Crippen LogP contribution in [0.25, 0.3) is 11.0 Å². The monoisotopic (exact) mass is 301 g/mol. The molecule has 0 spiro atoms. The summed E-state index contributed by atoms with van der Waals surface area (Å²) in [5, 5.41) is 7.58. The van der Waals surface area contributed by atoms with Gasteiger partial charge in [-0.2, -0.15) is 11.3 Å². The molecule has 5 heteroatoms. The van der Waals surface area contributed by atoms with Gasteiger partial charge in [0.05, 0.1) is 6.54 Å². The molecule has 1 amide bonds. The van der Waals surface area contributed by atoms with Gasteiger partial charge < -0.3 is 14.5 Å². The molecule has 3 rings (SSSR count). The maximum Gasteiger partial charge on any atom is 0.252 e. The molecular formula is C16H15NO3S. The number of thiophene rings is 1. The first-order chi connectivity index (χ1) is 10.3. The van der Waals surface area contributed by atoms with Crippen LogP contribution in [0.15, 0.2) is 51.6 Å². The Morgan fingerprint density at radius 1 is 1.38 bits per heavy atom. The Morgan fingerprint density at radius 2 is 2.24 bits per heavy atom. The summed E-state index contributed by atoms with van der Waals surface area (Å²) in [6.45, 7) is 0.366. The summed E-state index contributed by atoms with van der Waals surface area (Å²) < 4.78 is 11.2. The molecule has 0 radical (unpaired) electrons. The van der Waals surface area contributed by atoms with Gasteiger partial charge in [-0.1, -0.05) is 18.2 Å². The highest BCUT2D eigenvalue weighted by molar-refractivity contribution is 7.08. The molecule has 0 saturated carbocycles. The van der Waals surface area contributed by atoms with Crippen LogP contribution in [-0.4, -0.2) is 19.6 Å². The average Bonchev–Trinajstić information content (AvgIpc) is 3.17. The molecule has 1 unspecified atom stereocenters. The molecule has 0 fully saturated rings. The van der Waals surface area contributed by atoms with Crippen molar-refractivity contribution in [1.82, 2.24) is 5.32 Å². The second-order valence-corrected chi connectivity index (χ2v) is 5.41. The van der Waals surface area contributed by atoms with Crippen molar-refractivity contribution in [3.05, 3.63) is 58.5 Å². The highest BCUT2D eigenvalue weighted by atomic mass is 32.1. The van der Waals surface area contributed by atoms with Gasteiger partial charge in [0, 0.05) is 23.4 Å². The Balaban J connectivity index is 1.71. The second kappa shape index (κ2) is 6.11. The van der Waals surface area contributed by atoms with Crippen molar-refractivity contribution in [3.8, 4) is 0 Å². The van der Waals surface area contributed by atoms with Crippen LogP contribution in [0, 0.1) is 0 Å². The molecule has 1 atom stereocenters. The Bertz CT molecular complexity index is 700. The van der Waals surface area contributed by atoms with Crippen LogP contribution in [0.5, 0.6) is 0 Å². The molecule has 0 bridgehead atoms. The van der Waals surface area contributed by atoms with Crippen LogP contribution in [0.3, 0.4) is 0 Å². The van der Waals surface area contributed by atoms with Crippen LogP contribution >= 0.6 is 11.3 Å². The van der Waals surface area contributed by atoms with E-state index in [1.165, 1.54) is 11.3 Å². The number of furan rings is 1. The lowest BCUT2D eigenvalue weighted by Gasteiger charge is -2.13. The van der Waals surface area contributed by atoms with E-state index >= 15 is 0 Å². The molecule has 108 valence electrons. The molecule has 0 aliphatic rings. The molecule has 0 aliphatic carbocycles. The van der Waals surface area contributed by atoms with Gasteiger partial charge in [-0.25, -0.2) is 0 Å². The van der Waals surface area contributed by atoms with Crippen molar-refractivity contribution in [1.29, 1.82) is 0 Å². The zero-order chi connectivity index (χ0) is 14.7. The van der Waals surface area contributed by atoms with E-state index in [0.717, 1.165) is 11.0 Å². The first kappa shape index (κ1) is 13.9. The maximum absolute atomic E-state index is 11.9. The standard InChI is InChI=1S/C16H15NO3S/c1-19-15(9-17-16(18)12-6-7-21-10-12)14-8-11-4-2-3-5-13(11)20-14/h2-8,10,15H,9H2,1H3,(H,17,18). The zero-order valence-electron chi connectivity index (χ0n) is 11.5. The number of carbonyl (C=O) groups excluding carboxylic acids is 1. The molecule has 1 N–H and O–H groups in total. The minimum Gasteiger partial charge on any atom is -0.458 e. The van der Waals surface area contributed by atoms with Crippen LogP contribution < -0.4 is 5.32 Å². The van der Waals surface area contributed by atoms with Crippen molar-refractivity contribution in [2.45, 2.75) is 6.10 Å². The fourth-order valence-electron chi connectivity index (χ4n) is 2.14. The fourth-order valence-corrected chi connectivity index (χ4v) is 2.78. The molecule has 4 nitrogen and oxygen atoms in total. The van der Waals surface area contributed by atoms with Crippen molar-refractivity contribution in [2.24, 2.45) is 0 Å². The number of hydrogen-bond acceptors (Lipinski definition) is 4. The predicted octanol–water partition coefficient (Wildman–Crippen LogP) is 3.61. The number of methoxy groups -OCH3 is 1. The molecular weight excluding hydrogens is 286 g/mol. The number of nitrogens with one attached hydrogen (secondary N) is 1. The van der Waals surface area contributed by atoms with Gasteiger partial charge in [-0.05, 0) is 23.6 Å². The van der Waals surface area contributed by atoms with E-state index in [2.05, 4.69) is 5.32 Å². The molecule has 1 aromatic carbocycles. The van der Waals surface area contributed by atoms with Crippen LogP contribution in [0.1, 0.15) is 22.2 Å². The third-order valence-electron chi connectivity index (χ3n) is 3.28. The van der Waals surface area contributed by atoms with Gasteiger partial charge in [0.1, 0.15) is 17.4 Å². The number of hydrogen-bond donors (Lipinski definition) is 1. The number of ether oxygens (including phenoxy) is 1. The van der Waals surface area contributed by atoms with Crippen LogP contribution in [-0.2, 0) is 4.74 Å². The van der Waals surface area contributed by atoms with E-state index in [9.17, 15) is 4.79 Å². The lowest BCUT2D eigenvalue weighted by molar-refractivity contribution is 0.0747. The van der Waals surface area contributed by atoms with Crippen molar-refractivity contribution >= 4 is 28.2 Å². The molecule has 0 saturated heterocycles. The van der Waals surface area contributed by atoms with Crippen molar-refractivity contribution in [3.63, 3.8) is 0 Å². The number of benzene rings is 1. The largest absolute Gasteiger partial charge is 0.458 e. The summed E-state index contributed by atoms with van der Waals surface area (Å²) >= 11 is 1.50. The highest BCUT2D eigenvalue weighted by Gasteiger charge is 2.17. The predicted molar refractivity (Wildman–Crippen MR) is 82.6 cm³/mol. The van der Waals surface area contributed by atoms with Gasteiger partial charge in [-0.15, -0.1) is 0 Å². The number of carbonyl (C=O) groups is 1. The summed E-state index contributed by atoms with van der Waals surface area (Å²) in [6.07, 6.45) is -0.306. The van der Waals surface area contributed by atoms with E-state index in [0.29, 0.717) is 17.9 Å². The number of amides is 1. The number of para-hydroxylation sites is 1. The average molecular weight is 301 g/mol. The minimum absolute atomic E-state index is 0.102. The quantitative estimate of drug-likeness (QED) is 0.783. The lowest BCUT2D eigenvalue weighted by atomic mass is 10.2. The molecule has 21 heavy (non-hydrogen) atoms. The normalized spacial score (nSPS) is 12.4. The number of fused-ring (bicyclic) bond motifs is 1. The molecule has 2 aromatic heterocycles. The Labute approximate surface area is 126 Å². The zero-order valence-corrected chi connectivity index (χ0v) is 12.4. The van der Waals surface area contributed by atoms with Crippen LogP contribution in [0.2, 0.25) is 0 Å². The SMILES string of the molecule is COC(CNC(=O)c1ccsc1)c1cc2ccccc2o1. The van der Waals surface area contributed by atoms with E-state index in [-0.39, 0.29) is 12.0 Å². The van der Waals surface area contributed by atoms with E-state index in [1.807, 2.05) is 41.1 Å². The van der Waals surface area contributed by atoms with E-state index < -0.39 is 0 Å². The van der Waals surface area contributed by atoms with Gasteiger partial charge >= 0.3 is 0 Å². The van der Waals surface area contributed by atoms with Gasteiger partial charge in [-0.3, -0.25) is 4.79 Å². The maximum atomic E-state index is 11.9. The highest BCUT2D eigenvalue weighted by Crippen LogP contribution is 2.25. The first-order valence-electron chi connectivity index (χ1n) is 6.59. The van der Waals surface area contributed by atoms with Gasteiger partial charge in [0.25, 0.3) is 5.91 Å².